The Morgan fingerprint density at radius 2 is 2.14 bits per heavy atom. The van der Waals surface area contributed by atoms with E-state index in [1.165, 1.54) is 30.3 Å². The van der Waals surface area contributed by atoms with E-state index in [1.807, 2.05) is 0 Å². The summed E-state index contributed by atoms with van der Waals surface area (Å²) in [7, 11) is 1.26. The summed E-state index contributed by atoms with van der Waals surface area (Å²) in [6, 6.07) is 0.428. The number of thioether (sulfide) groups is 2. The Hall–Kier alpha value is -3.77. The minimum Gasteiger partial charge on any atom is -0.477 e. The number of rotatable bonds is 8. The molecule has 2 atom stereocenters. The molecule has 2 amide bonds. The van der Waals surface area contributed by atoms with Crippen molar-refractivity contribution < 1.29 is 29.0 Å². The van der Waals surface area contributed by atoms with E-state index < -0.39 is 29.2 Å². The second-order valence-corrected chi connectivity index (χ2v) is 10.3. The van der Waals surface area contributed by atoms with E-state index in [1.54, 1.807) is 0 Å². The van der Waals surface area contributed by atoms with Crippen LogP contribution in [0.1, 0.15) is 5.69 Å². The Morgan fingerprint density at radius 3 is 2.78 bits per heavy atom. The summed E-state index contributed by atoms with van der Waals surface area (Å²) in [5.74, 6) is 4.14. The Kier molecular flexibility index (Phi) is 7.09. The van der Waals surface area contributed by atoms with Gasteiger partial charge in [0.25, 0.3) is 11.8 Å². The van der Waals surface area contributed by atoms with Crippen molar-refractivity contribution in [1.29, 1.82) is 0 Å². The molecule has 0 spiro atoms. The number of anilines is 3. The van der Waals surface area contributed by atoms with E-state index in [-0.39, 0.29) is 44.8 Å². The summed E-state index contributed by atoms with van der Waals surface area (Å²) in [6.07, 6.45) is 0. The van der Waals surface area contributed by atoms with Gasteiger partial charge in [0.15, 0.2) is 10.8 Å². The molecule has 1 fully saturated rings. The summed E-state index contributed by atoms with van der Waals surface area (Å²) in [5, 5.41) is 17.6. The SMILES string of the molecule is CO/N=C(\C(=O)NC1C(=O)N2C(C(=O)O)=C(CSc3nc(N)cc(N)[n+]3N)CS[C@H]12)c1csc(N)n1. The van der Waals surface area contributed by atoms with Gasteiger partial charge in [-0.25, -0.2) is 9.78 Å². The molecule has 0 saturated carbocycles. The molecule has 190 valence electrons. The number of nitrogen functional groups attached to an aromatic ring is 4. The average molecular weight is 554 g/mol. The quantitative estimate of drug-likeness (QED) is 0.0401. The highest BCUT2D eigenvalue weighted by atomic mass is 32.2. The number of amides is 2. The van der Waals surface area contributed by atoms with Crippen molar-refractivity contribution in [2.24, 2.45) is 5.16 Å². The molecule has 18 heteroatoms. The number of carboxylic acids is 1. The Labute approximate surface area is 215 Å². The van der Waals surface area contributed by atoms with E-state index >= 15 is 0 Å². The summed E-state index contributed by atoms with van der Waals surface area (Å²) < 4.78 is 1.14. The molecule has 0 aromatic carbocycles. The molecule has 36 heavy (non-hydrogen) atoms. The maximum Gasteiger partial charge on any atom is 0.352 e. The smallest absolute Gasteiger partial charge is 0.352 e. The number of fused-ring (bicyclic) bond motifs is 1. The van der Waals surface area contributed by atoms with Crippen LogP contribution in [0.4, 0.5) is 16.8 Å². The average Bonchev–Trinajstić information content (AvgIpc) is 3.26. The van der Waals surface area contributed by atoms with Gasteiger partial charge in [-0.1, -0.05) is 10.1 Å². The van der Waals surface area contributed by atoms with Gasteiger partial charge in [-0.2, -0.15) is 0 Å². The lowest BCUT2D eigenvalue weighted by atomic mass is 10.0. The van der Waals surface area contributed by atoms with Crippen LogP contribution in [0.15, 0.2) is 33.0 Å². The van der Waals surface area contributed by atoms with E-state index in [0.717, 1.165) is 32.7 Å². The molecule has 0 bridgehead atoms. The molecule has 2 aliphatic heterocycles. The number of hydrogen-bond donors (Lipinski definition) is 6. The fourth-order valence-electron chi connectivity index (χ4n) is 3.48. The van der Waals surface area contributed by atoms with Crippen LogP contribution in [0.3, 0.4) is 0 Å². The molecule has 10 N–H and O–H groups in total. The number of nitrogens with zero attached hydrogens (tertiary/aromatic N) is 5. The number of oxime groups is 1. The fraction of sp³-hybridized carbons (Fsp3) is 0.278. The molecule has 4 heterocycles. The molecular weight excluding hydrogens is 532 g/mol. The first kappa shape index (κ1) is 25.3. The summed E-state index contributed by atoms with van der Waals surface area (Å²) in [5.41, 5.74) is 17.5. The first-order valence-electron chi connectivity index (χ1n) is 10.0. The van der Waals surface area contributed by atoms with Crippen LogP contribution in [-0.4, -0.2) is 73.5 Å². The molecule has 4 rings (SSSR count). The number of hydrogen-bond acceptors (Lipinski definition) is 14. The minimum absolute atomic E-state index is 0.153. The highest BCUT2D eigenvalue weighted by Gasteiger charge is 2.54. The standard InChI is InChI=1S/C18H20N10O5S3/c1-33-26-10(7-5-35-17(21)23-7)13(29)25-11-14(30)27-12(16(31)32)6(3-34-15(11)27)4-36-18-24-8(19)2-9(20)28(18)22/h2,5,11,15H,3-4,22H2,1H3,(H7,19,20,21,23,25,29,31,32)/p+1/b26-10-/t11?,15-/m1/s1. The predicted octanol–water partition coefficient (Wildman–Crippen LogP) is -1.83. The molecule has 1 saturated heterocycles. The Morgan fingerprint density at radius 1 is 1.39 bits per heavy atom. The zero-order valence-electron chi connectivity index (χ0n) is 18.6. The van der Waals surface area contributed by atoms with Gasteiger partial charge in [-0.05, 0) is 17.3 Å². The number of aliphatic carboxylic acids is 1. The monoisotopic (exact) mass is 553 g/mol. The first-order chi connectivity index (χ1) is 17.1. The molecule has 1 unspecified atom stereocenters. The lowest BCUT2D eigenvalue weighted by molar-refractivity contribution is -0.667. The van der Waals surface area contributed by atoms with Crippen LogP contribution in [0.2, 0.25) is 0 Å². The van der Waals surface area contributed by atoms with Gasteiger partial charge in [0, 0.05) is 16.9 Å². The van der Waals surface area contributed by atoms with Gasteiger partial charge in [0.2, 0.25) is 11.6 Å². The minimum atomic E-state index is -1.27. The molecule has 2 aliphatic rings. The Balaban J connectivity index is 1.51. The van der Waals surface area contributed by atoms with E-state index in [0.29, 0.717) is 11.3 Å². The lowest BCUT2D eigenvalue weighted by Crippen LogP contribution is -2.71. The first-order valence-corrected chi connectivity index (χ1v) is 12.9. The van der Waals surface area contributed by atoms with Gasteiger partial charge in [-0.15, -0.1) is 27.8 Å². The molecule has 0 radical (unpaired) electrons. The second kappa shape index (κ2) is 10.1. The van der Waals surface area contributed by atoms with Crippen molar-refractivity contribution in [3.8, 4) is 0 Å². The number of thiazole rings is 1. The van der Waals surface area contributed by atoms with Crippen molar-refractivity contribution in [3.63, 3.8) is 0 Å². The highest BCUT2D eigenvalue weighted by molar-refractivity contribution is 8.01. The number of nitrogens with one attached hydrogen (secondary N) is 1. The zero-order chi connectivity index (χ0) is 26.1. The van der Waals surface area contributed by atoms with Crippen LogP contribution < -0.4 is 33.0 Å². The van der Waals surface area contributed by atoms with Crippen LogP contribution in [-0.2, 0) is 19.2 Å². The molecule has 15 nitrogen and oxygen atoms in total. The maximum absolute atomic E-state index is 13.0. The van der Waals surface area contributed by atoms with Crippen molar-refractivity contribution in [2.75, 3.05) is 41.7 Å². The van der Waals surface area contributed by atoms with Crippen LogP contribution >= 0.6 is 34.9 Å². The van der Waals surface area contributed by atoms with Gasteiger partial charge in [-0.3, -0.25) is 20.3 Å². The summed E-state index contributed by atoms with van der Waals surface area (Å²) in [6.45, 7) is 0. The lowest BCUT2D eigenvalue weighted by Gasteiger charge is -2.49. The number of carboxylic acid groups (broad SMARTS) is 1. The van der Waals surface area contributed by atoms with Crippen LogP contribution in [0.25, 0.3) is 0 Å². The van der Waals surface area contributed by atoms with E-state index in [9.17, 15) is 19.5 Å². The van der Waals surface area contributed by atoms with Gasteiger partial charge < -0.3 is 32.5 Å². The second-order valence-electron chi connectivity index (χ2n) is 7.36. The van der Waals surface area contributed by atoms with Gasteiger partial charge in [0.1, 0.15) is 29.9 Å². The summed E-state index contributed by atoms with van der Waals surface area (Å²) >= 11 is 3.55. The largest absolute Gasteiger partial charge is 0.477 e. The van der Waals surface area contributed by atoms with Crippen molar-refractivity contribution in [1.82, 2.24) is 20.2 Å². The van der Waals surface area contributed by atoms with E-state index in [4.69, 9.17) is 27.9 Å². The Bertz CT molecular complexity index is 1310. The highest BCUT2D eigenvalue weighted by Crippen LogP contribution is 2.41. The van der Waals surface area contributed by atoms with Gasteiger partial charge >= 0.3 is 11.1 Å². The topological polar surface area (TPSA) is 242 Å². The molecule has 2 aromatic rings. The van der Waals surface area contributed by atoms with Crippen molar-refractivity contribution in [3.05, 3.63) is 28.4 Å². The van der Waals surface area contributed by atoms with Gasteiger partial charge in [0.05, 0.1) is 6.07 Å². The number of carbonyl (C=O) groups excluding carboxylic acids is 2. The summed E-state index contributed by atoms with van der Waals surface area (Å²) in [4.78, 5) is 51.9. The zero-order valence-corrected chi connectivity index (χ0v) is 21.0. The third-order valence-electron chi connectivity index (χ3n) is 5.08. The molecular formula is C18H21N10O5S3+. The number of β-lactam (4-membered cyclic amide) rings is 1. The third kappa shape index (κ3) is 4.69. The number of aromatic nitrogens is 3. The van der Waals surface area contributed by atoms with Crippen LogP contribution in [0.5, 0.6) is 0 Å². The third-order valence-corrected chi connectivity index (χ3v) is 8.13. The number of carbonyl (C=O) groups is 3. The van der Waals surface area contributed by atoms with Crippen LogP contribution in [0, 0.1) is 0 Å². The van der Waals surface area contributed by atoms with E-state index in [2.05, 4.69) is 20.4 Å². The molecule has 2 aromatic heterocycles. The van der Waals surface area contributed by atoms with Crippen molar-refractivity contribution >= 4 is 75.1 Å². The number of nitrogens with two attached hydrogens (primary N) is 4. The predicted molar refractivity (Wildman–Crippen MR) is 134 cm³/mol. The fourth-order valence-corrected chi connectivity index (χ4v) is 6.46. The maximum atomic E-state index is 13.0. The normalized spacial score (nSPS) is 19.5. The molecule has 0 aliphatic carbocycles. The van der Waals surface area contributed by atoms with Crippen molar-refractivity contribution in [2.45, 2.75) is 16.6 Å².